The molecule has 78 valence electrons. The maximum Gasteiger partial charge on any atom is 0.331 e. The first-order valence-electron chi connectivity index (χ1n) is 4.57. The fourth-order valence-corrected chi connectivity index (χ4v) is 2.73. The number of hydrogen-bond acceptors (Lipinski definition) is 3. The van der Waals surface area contributed by atoms with Crippen LogP contribution in [0.15, 0.2) is 12.7 Å². The summed E-state index contributed by atoms with van der Waals surface area (Å²) in [5, 5.41) is 0. The van der Waals surface area contributed by atoms with Gasteiger partial charge in [-0.05, 0) is 20.3 Å². The van der Waals surface area contributed by atoms with Crippen molar-refractivity contribution >= 4 is 7.60 Å². The molecule has 0 aliphatic rings. The largest absolute Gasteiger partial charge is 0.331 e. The van der Waals surface area contributed by atoms with E-state index in [0.29, 0.717) is 6.16 Å². The molecule has 0 fully saturated rings. The summed E-state index contributed by atoms with van der Waals surface area (Å²) >= 11 is 0. The Morgan fingerprint density at radius 1 is 1.54 bits per heavy atom. The van der Waals surface area contributed by atoms with Crippen LogP contribution in [0.1, 0.15) is 27.2 Å². The highest BCUT2D eigenvalue weighted by atomic mass is 31.2. The molecule has 0 spiro atoms. The normalized spacial score (nSPS) is 15.7. The Kier molecular flexibility index (Phi) is 6.31. The number of rotatable bonds is 7. The summed E-state index contributed by atoms with van der Waals surface area (Å²) in [5.41, 5.74) is 0. The van der Waals surface area contributed by atoms with Crippen LogP contribution >= 0.6 is 7.60 Å². The van der Waals surface area contributed by atoms with Gasteiger partial charge in [0.1, 0.15) is 0 Å². The van der Waals surface area contributed by atoms with Gasteiger partial charge >= 0.3 is 7.60 Å². The summed E-state index contributed by atoms with van der Waals surface area (Å²) in [7, 11) is -2.86. The molecule has 0 saturated carbocycles. The van der Waals surface area contributed by atoms with Gasteiger partial charge in [-0.15, -0.1) is 6.58 Å². The molecule has 0 radical (unpaired) electrons. The SMILES string of the molecule is C=CCOP(=O)(CCC)OC(C)C. The van der Waals surface area contributed by atoms with E-state index in [1.165, 1.54) is 0 Å². The summed E-state index contributed by atoms with van der Waals surface area (Å²) in [6, 6.07) is 0. The van der Waals surface area contributed by atoms with Gasteiger partial charge in [0.2, 0.25) is 0 Å². The van der Waals surface area contributed by atoms with Crippen LogP contribution in [0.5, 0.6) is 0 Å². The van der Waals surface area contributed by atoms with Crippen molar-refractivity contribution in [1.29, 1.82) is 0 Å². The second-order valence-electron chi connectivity index (χ2n) is 3.07. The van der Waals surface area contributed by atoms with Crippen LogP contribution in [0.4, 0.5) is 0 Å². The van der Waals surface area contributed by atoms with Crippen LogP contribution in [-0.2, 0) is 13.6 Å². The van der Waals surface area contributed by atoms with Crippen molar-refractivity contribution in [3.63, 3.8) is 0 Å². The number of hydrogen-bond donors (Lipinski definition) is 0. The molecule has 0 aromatic rings. The Bertz CT molecular complexity index is 189. The van der Waals surface area contributed by atoms with E-state index in [0.717, 1.165) is 6.42 Å². The zero-order valence-electron chi connectivity index (χ0n) is 8.66. The third kappa shape index (κ3) is 6.03. The molecule has 0 heterocycles. The fraction of sp³-hybridized carbons (Fsp3) is 0.778. The standard InChI is InChI=1S/C9H19O3P/c1-5-7-11-13(10,8-6-2)12-9(3)4/h5,9H,1,6-8H2,2-4H3. The first kappa shape index (κ1) is 12.9. The lowest BCUT2D eigenvalue weighted by atomic mass is 10.5. The summed E-state index contributed by atoms with van der Waals surface area (Å²) in [6.07, 6.45) is 2.77. The highest BCUT2D eigenvalue weighted by Crippen LogP contribution is 2.49. The summed E-state index contributed by atoms with van der Waals surface area (Å²) < 4.78 is 22.3. The van der Waals surface area contributed by atoms with Gasteiger partial charge in [-0.3, -0.25) is 4.57 Å². The van der Waals surface area contributed by atoms with Crippen molar-refractivity contribution < 1.29 is 13.6 Å². The van der Waals surface area contributed by atoms with Gasteiger partial charge in [-0.2, -0.15) is 0 Å². The van der Waals surface area contributed by atoms with Crippen LogP contribution in [0, 0.1) is 0 Å². The van der Waals surface area contributed by atoms with Crippen molar-refractivity contribution in [1.82, 2.24) is 0 Å². The predicted molar refractivity (Wildman–Crippen MR) is 55.1 cm³/mol. The molecule has 0 aromatic heterocycles. The van der Waals surface area contributed by atoms with Gasteiger partial charge in [-0.1, -0.05) is 13.0 Å². The highest BCUT2D eigenvalue weighted by molar-refractivity contribution is 7.53. The first-order valence-corrected chi connectivity index (χ1v) is 6.29. The first-order chi connectivity index (χ1) is 6.04. The molecule has 4 heteroatoms. The lowest BCUT2D eigenvalue weighted by molar-refractivity contribution is 0.178. The third-order valence-corrected chi connectivity index (χ3v) is 3.54. The van der Waals surface area contributed by atoms with Gasteiger partial charge in [0, 0.05) is 6.16 Å². The maximum atomic E-state index is 11.9. The smallest absolute Gasteiger partial charge is 0.306 e. The molecule has 3 nitrogen and oxygen atoms in total. The van der Waals surface area contributed by atoms with Gasteiger partial charge < -0.3 is 9.05 Å². The minimum absolute atomic E-state index is 0.0674. The second-order valence-corrected chi connectivity index (χ2v) is 5.21. The minimum Gasteiger partial charge on any atom is -0.306 e. The molecule has 13 heavy (non-hydrogen) atoms. The van der Waals surface area contributed by atoms with Gasteiger partial charge in [0.15, 0.2) is 0 Å². The zero-order valence-corrected chi connectivity index (χ0v) is 9.55. The summed E-state index contributed by atoms with van der Waals surface area (Å²) in [6.45, 7) is 9.43. The molecular formula is C9H19O3P. The van der Waals surface area contributed by atoms with Crippen molar-refractivity contribution in [2.45, 2.75) is 33.3 Å². The van der Waals surface area contributed by atoms with Gasteiger partial charge in [0.05, 0.1) is 12.7 Å². The van der Waals surface area contributed by atoms with Crippen molar-refractivity contribution in [2.75, 3.05) is 12.8 Å². The van der Waals surface area contributed by atoms with E-state index in [9.17, 15) is 4.57 Å². The Labute approximate surface area is 80.7 Å². The minimum atomic E-state index is -2.86. The molecule has 1 atom stereocenters. The molecule has 0 aliphatic heterocycles. The van der Waals surface area contributed by atoms with Crippen LogP contribution in [0.3, 0.4) is 0 Å². The molecule has 0 saturated heterocycles. The van der Waals surface area contributed by atoms with Crippen molar-refractivity contribution in [3.8, 4) is 0 Å². The van der Waals surface area contributed by atoms with E-state index in [1.807, 2.05) is 20.8 Å². The maximum absolute atomic E-state index is 11.9. The molecule has 0 aromatic carbocycles. The molecule has 0 rings (SSSR count). The summed E-state index contributed by atoms with van der Waals surface area (Å²) in [4.78, 5) is 0. The van der Waals surface area contributed by atoms with Gasteiger partial charge in [-0.25, -0.2) is 0 Å². The van der Waals surface area contributed by atoms with Gasteiger partial charge in [0.25, 0.3) is 0 Å². The molecule has 0 bridgehead atoms. The summed E-state index contributed by atoms with van der Waals surface area (Å²) in [5.74, 6) is 0. The Hall–Kier alpha value is -0.110. The van der Waals surface area contributed by atoms with E-state index < -0.39 is 7.60 Å². The highest BCUT2D eigenvalue weighted by Gasteiger charge is 2.23. The molecule has 0 aliphatic carbocycles. The lowest BCUT2D eigenvalue weighted by Crippen LogP contribution is -2.06. The average Bonchev–Trinajstić information content (AvgIpc) is 2.00. The van der Waals surface area contributed by atoms with Crippen molar-refractivity contribution in [2.24, 2.45) is 0 Å². The zero-order chi connectivity index (χ0) is 10.3. The Morgan fingerprint density at radius 2 is 2.15 bits per heavy atom. The van der Waals surface area contributed by atoms with E-state index in [4.69, 9.17) is 9.05 Å². The van der Waals surface area contributed by atoms with Crippen LogP contribution in [-0.4, -0.2) is 18.9 Å². The molecule has 0 amide bonds. The second kappa shape index (κ2) is 6.36. The van der Waals surface area contributed by atoms with Crippen LogP contribution < -0.4 is 0 Å². The van der Waals surface area contributed by atoms with E-state index in [-0.39, 0.29) is 12.7 Å². The fourth-order valence-electron chi connectivity index (χ4n) is 0.909. The van der Waals surface area contributed by atoms with E-state index >= 15 is 0 Å². The van der Waals surface area contributed by atoms with E-state index in [2.05, 4.69) is 6.58 Å². The molecule has 0 N–H and O–H groups in total. The quantitative estimate of drug-likeness (QED) is 0.474. The Morgan fingerprint density at radius 3 is 2.54 bits per heavy atom. The topological polar surface area (TPSA) is 35.5 Å². The average molecular weight is 206 g/mol. The van der Waals surface area contributed by atoms with Crippen LogP contribution in [0.25, 0.3) is 0 Å². The monoisotopic (exact) mass is 206 g/mol. The molecular weight excluding hydrogens is 187 g/mol. The predicted octanol–water partition coefficient (Wildman–Crippen LogP) is 3.22. The Balaban J connectivity index is 4.15. The molecule has 1 unspecified atom stereocenters. The van der Waals surface area contributed by atoms with E-state index in [1.54, 1.807) is 6.08 Å². The third-order valence-electron chi connectivity index (χ3n) is 1.26. The lowest BCUT2D eigenvalue weighted by Gasteiger charge is -2.19. The van der Waals surface area contributed by atoms with Crippen molar-refractivity contribution in [3.05, 3.63) is 12.7 Å². The van der Waals surface area contributed by atoms with Crippen LogP contribution in [0.2, 0.25) is 0 Å².